The third-order valence-electron chi connectivity index (χ3n) is 3.17. The first-order valence-corrected chi connectivity index (χ1v) is 6.33. The zero-order chi connectivity index (χ0) is 11.6. The van der Waals surface area contributed by atoms with E-state index < -0.39 is 0 Å². The molecule has 1 atom stereocenters. The Kier molecular flexibility index (Phi) is 3.44. The van der Waals surface area contributed by atoms with Gasteiger partial charge in [-0.1, -0.05) is 6.92 Å². The van der Waals surface area contributed by atoms with E-state index >= 15 is 0 Å². The number of H-pyrrole nitrogens is 1. The Morgan fingerprint density at radius 1 is 1.62 bits per heavy atom. The Bertz CT molecular complexity index is 404. The lowest BCUT2D eigenvalue weighted by molar-refractivity contribution is 0.00739. The normalized spacial score (nSPS) is 25.9. The maximum atomic E-state index is 5.59. The molecule has 1 unspecified atom stereocenters. The zero-order valence-corrected chi connectivity index (χ0v) is 10.8. The predicted octanol–water partition coefficient (Wildman–Crippen LogP) is 2.42. The Morgan fingerprint density at radius 3 is 3.06 bits per heavy atom. The minimum Gasteiger partial charge on any atom is -0.379 e. The molecule has 1 aromatic heterocycles. The molecule has 0 aromatic carbocycles. The fourth-order valence-corrected chi connectivity index (χ4v) is 2.74. The SMILES string of the molecule is CCCc1n[nH]c(=S)n1C1(C)CCCOC1. The quantitative estimate of drug-likeness (QED) is 0.826. The molecule has 16 heavy (non-hydrogen) atoms. The Hall–Kier alpha value is -0.680. The van der Waals surface area contributed by atoms with E-state index in [4.69, 9.17) is 17.0 Å². The van der Waals surface area contributed by atoms with Crippen LogP contribution < -0.4 is 0 Å². The standard InChI is InChI=1S/C11H19N3OS/c1-3-5-9-12-13-10(16)14(9)11(2)6-4-7-15-8-11/h3-8H2,1-2H3,(H,13,16). The summed E-state index contributed by atoms with van der Waals surface area (Å²) in [7, 11) is 0. The van der Waals surface area contributed by atoms with Gasteiger partial charge in [0, 0.05) is 13.0 Å². The van der Waals surface area contributed by atoms with Crippen LogP contribution in [0.1, 0.15) is 38.9 Å². The second-order valence-electron chi connectivity index (χ2n) is 4.68. The summed E-state index contributed by atoms with van der Waals surface area (Å²) >= 11 is 5.33. The third kappa shape index (κ3) is 2.06. The molecule has 0 aliphatic carbocycles. The number of hydrogen-bond acceptors (Lipinski definition) is 3. The van der Waals surface area contributed by atoms with E-state index in [0.717, 1.165) is 49.5 Å². The van der Waals surface area contributed by atoms with Crippen LogP contribution in [0, 0.1) is 4.77 Å². The maximum absolute atomic E-state index is 5.59. The topological polar surface area (TPSA) is 42.8 Å². The highest BCUT2D eigenvalue weighted by Gasteiger charge is 2.32. The lowest BCUT2D eigenvalue weighted by atomic mass is 9.94. The smallest absolute Gasteiger partial charge is 0.195 e. The lowest BCUT2D eigenvalue weighted by Gasteiger charge is -2.35. The summed E-state index contributed by atoms with van der Waals surface area (Å²) in [6.45, 7) is 5.96. The second-order valence-corrected chi connectivity index (χ2v) is 5.07. The molecule has 1 saturated heterocycles. The summed E-state index contributed by atoms with van der Waals surface area (Å²) in [5, 5.41) is 7.22. The second kappa shape index (κ2) is 4.67. The first-order valence-electron chi connectivity index (χ1n) is 5.92. The highest BCUT2D eigenvalue weighted by molar-refractivity contribution is 7.71. The van der Waals surface area contributed by atoms with Crippen molar-refractivity contribution in [1.29, 1.82) is 0 Å². The highest BCUT2D eigenvalue weighted by Crippen LogP contribution is 2.28. The molecule has 5 heteroatoms. The fourth-order valence-electron chi connectivity index (χ4n) is 2.37. The molecule has 0 spiro atoms. The highest BCUT2D eigenvalue weighted by atomic mass is 32.1. The minimum atomic E-state index is -0.0210. The molecule has 0 amide bonds. The summed E-state index contributed by atoms with van der Waals surface area (Å²) in [6.07, 6.45) is 4.24. The average Bonchev–Trinajstić information content (AvgIpc) is 2.62. The van der Waals surface area contributed by atoms with E-state index in [-0.39, 0.29) is 5.54 Å². The maximum Gasteiger partial charge on any atom is 0.195 e. The van der Waals surface area contributed by atoms with Crippen LogP contribution in [0.3, 0.4) is 0 Å². The predicted molar refractivity (Wildman–Crippen MR) is 65.1 cm³/mol. The number of nitrogens with zero attached hydrogens (tertiary/aromatic N) is 2. The number of aromatic amines is 1. The molecule has 0 saturated carbocycles. The van der Waals surface area contributed by atoms with Crippen LogP contribution in [0.5, 0.6) is 0 Å². The van der Waals surface area contributed by atoms with Gasteiger partial charge in [0.1, 0.15) is 5.82 Å². The van der Waals surface area contributed by atoms with Crippen molar-refractivity contribution in [3.63, 3.8) is 0 Å². The van der Waals surface area contributed by atoms with Crippen LogP contribution >= 0.6 is 12.2 Å². The summed E-state index contributed by atoms with van der Waals surface area (Å²) in [4.78, 5) is 0. The van der Waals surface area contributed by atoms with Gasteiger partial charge in [0.2, 0.25) is 0 Å². The van der Waals surface area contributed by atoms with Gasteiger partial charge < -0.3 is 4.74 Å². The van der Waals surface area contributed by atoms with Gasteiger partial charge in [-0.05, 0) is 38.4 Å². The Labute approximate surface area is 101 Å². The van der Waals surface area contributed by atoms with Crippen LogP contribution in [0.15, 0.2) is 0 Å². The number of aromatic nitrogens is 3. The van der Waals surface area contributed by atoms with Gasteiger partial charge >= 0.3 is 0 Å². The first kappa shape index (κ1) is 11.8. The lowest BCUT2D eigenvalue weighted by Crippen LogP contribution is -2.40. The van der Waals surface area contributed by atoms with Gasteiger partial charge in [-0.25, -0.2) is 0 Å². The van der Waals surface area contributed by atoms with Crippen molar-refractivity contribution in [2.24, 2.45) is 0 Å². The summed E-state index contributed by atoms with van der Waals surface area (Å²) in [5.74, 6) is 1.06. The van der Waals surface area contributed by atoms with Gasteiger partial charge in [-0.3, -0.25) is 9.67 Å². The molecule has 4 nitrogen and oxygen atoms in total. The largest absolute Gasteiger partial charge is 0.379 e. The van der Waals surface area contributed by atoms with Gasteiger partial charge in [0.15, 0.2) is 4.77 Å². The van der Waals surface area contributed by atoms with Crippen LogP contribution in [0.2, 0.25) is 0 Å². The van der Waals surface area contributed by atoms with E-state index in [1.165, 1.54) is 0 Å². The van der Waals surface area contributed by atoms with Crippen molar-refractivity contribution in [2.75, 3.05) is 13.2 Å². The molecular formula is C11H19N3OS. The monoisotopic (exact) mass is 241 g/mol. The molecule has 1 aliphatic heterocycles. The molecule has 2 rings (SSSR count). The van der Waals surface area contributed by atoms with Gasteiger partial charge in [-0.15, -0.1) is 0 Å². The van der Waals surface area contributed by atoms with E-state index in [2.05, 4.69) is 28.6 Å². The number of aryl methyl sites for hydroxylation is 1. The van der Waals surface area contributed by atoms with Crippen molar-refractivity contribution in [3.8, 4) is 0 Å². The number of hydrogen-bond donors (Lipinski definition) is 1. The molecule has 90 valence electrons. The first-order chi connectivity index (χ1) is 7.67. The number of ether oxygens (including phenoxy) is 1. The van der Waals surface area contributed by atoms with Crippen molar-refractivity contribution >= 4 is 12.2 Å². The molecule has 1 fully saturated rings. The van der Waals surface area contributed by atoms with E-state index in [9.17, 15) is 0 Å². The number of nitrogens with one attached hydrogen (secondary N) is 1. The Balaban J connectivity index is 2.37. The zero-order valence-electron chi connectivity index (χ0n) is 9.95. The van der Waals surface area contributed by atoms with Crippen molar-refractivity contribution in [1.82, 2.24) is 14.8 Å². The summed E-state index contributed by atoms with van der Waals surface area (Å²) < 4.78 is 8.46. The average molecular weight is 241 g/mol. The molecular weight excluding hydrogens is 222 g/mol. The molecule has 0 radical (unpaired) electrons. The number of rotatable bonds is 3. The van der Waals surface area contributed by atoms with E-state index in [1.54, 1.807) is 0 Å². The van der Waals surface area contributed by atoms with Gasteiger partial charge in [0.25, 0.3) is 0 Å². The molecule has 2 heterocycles. The van der Waals surface area contributed by atoms with Crippen LogP contribution in [0.25, 0.3) is 0 Å². The van der Waals surface area contributed by atoms with Crippen LogP contribution in [-0.4, -0.2) is 28.0 Å². The van der Waals surface area contributed by atoms with E-state index in [1.807, 2.05) is 0 Å². The molecule has 1 N–H and O–H groups in total. The van der Waals surface area contributed by atoms with Gasteiger partial charge in [-0.2, -0.15) is 5.10 Å². The Morgan fingerprint density at radius 2 is 2.44 bits per heavy atom. The van der Waals surface area contributed by atoms with Crippen molar-refractivity contribution < 1.29 is 4.74 Å². The van der Waals surface area contributed by atoms with Crippen LogP contribution in [0.4, 0.5) is 0 Å². The minimum absolute atomic E-state index is 0.0210. The third-order valence-corrected chi connectivity index (χ3v) is 3.45. The molecule has 1 aromatic rings. The van der Waals surface area contributed by atoms with Crippen molar-refractivity contribution in [3.05, 3.63) is 10.6 Å². The molecule has 0 bridgehead atoms. The van der Waals surface area contributed by atoms with E-state index in [0.29, 0.717) is 0 Å². The summed E-state index contributed by atoms with van der Waals surface area (Å²) in [6, 6.07) is 0. The fraction of sp³-hybridized carbons (Fsp3) is 0.818. The van der Waals surface area contributed by atoms with Gasteiger partial charge in [0.05, 0.1) is 12.1 Å². The molecule has 1 aliphatic rings. The summed E-state index contributed by atoms with van der Waals surface area (Å²) in [5.41, 5.74) is -0.0210. The van der Waals surface area contributed by atoms with Crippen LogP contribution in [-0.2, 0) is 16.7 Å². The van der Waals surface area contributed by atoms with Crippen molar-refractivity contribution in [2.45, 2.75) is 45.1 Å².